The highest BCUT2D eigenvalue weighted by atomic mass is 127. The van der Waals surface area contributed by atoms with E-state index in [2.05, 4.69) is 15.4 Å². The fourth-order valence-corrected chi connectivity index (χ4v) is 4.25. The molecule has 1 N–H and O–H groups in total. The second-order valence-corrected chi connectivity index (χ2v) is 8.29. The van der Waals surface area contributed by atoms with Gasteiger partial charge in [-0.1, -0.05) is 18.5 Å². The van der Waals surface area contributed by atoms with Crippen LogP contribution in [0.5, 0.6) is 0 Å². The number of carbonyl (C=O) groups excluding carboxylic acids is 1. The molecule has 0 amide bonds. The molecule has 0 aliphatic carbocycles. The van der Waals surface area contributed by atoms with E-state index in [1.54, 1.807) is 0 Å². The van der Waals surface area contributed by atoms with Gasteiger partial charge in [0.25, 0.3) is 5.92 Å². The SMILES string of the molecule is CC(=O)O[C@@H]1COCC[C@H]1Nc1ncc2c(Cl)c(I)c(C(C)C(C)(F)F)n2n1. The molecule has 3 rings (SSSR count). The van der Waals surface area contributed by atoms with E-state index in [9.17, 15) is 13.6 Å². The number of nitrogens with one attached hydrogen (secondary N) is 1. The lowest BCUT2D eigenvalue weighted by molar-refractivity contribution is -0.153. The predicted octanol–water partition coefficient (Wildman–Crippen LogP) is 3.88. The first-order chi connectivity index (χ1) is 13.1. The summed E-state index contributed by atoms with van der Waals surface area (Å²) in [5, 5.41) is 7.85. The van der Waals surface area contributed by atoms with Crippen molar-refractivity contribution in [1.29, 1.82) is 0 Å². The monoisotopic (exact) mass is 528 g/mol. The van der Waals surface area contributed by atoms with Gasteiger partial charge in [-0.25, -0.2) is 18.3 Å². The summed E-state index contributed by atoms with van der Waals surface area (Å²) in [6.45, 7) is 4.39. The number of rotatable bonds is 5. The van der Waals surface area contributed by atoms with Crippen LogP contribution in [0.15, 0.2) is 6.20 Å². The Morgan fingerprint density at radius 2 is 2.29 bits per heavy atom. The summed E-state index contributed by atoms with van der Waals surface area (Å²) in [5.41, 5.74) is 0.772. The molecule has 2 aromatic heterocycles. The Bertz CT molecular complexity index is 889. The van der Waals surface area contributed by atoms with Crippen molar-refractivity contribution in [2.24, 2.45) is 0 Å². The van der Waals surface area contributed by atoms with Crippen LogP contribution < -0.4 is 5.32 Å². The Balaban J connectivity index is 1.96. The van der Waals surface area contributed by atoms with Crippen LogP contribution in [0.4, 0.5) is 14.7 Å². The first-order valence-electron chi connectivity index (χ1n) is 8.71. The molecule has 154 valence electrons. The average molecular weight is 529 g/mol. The van der Waals surface area contributed by atoms with Gasteiger partial charge in [0.1, 0.15) is 11.6 Å². The third-order valence-corrected chi connectivity index (χ3v) is 6.50. The van der Waals surface area contributed by atoms with Crippen molar-refractivity contribution in [1.82, 2.24) is 14.6 Å². The Morgan fingerprint density at radius 3 is 2.93 bits per heavy atom. The van der Waals surface area contributed by atoms with Crippen LogP contribution in [-0.2, 0) is 14.3 Å². The molecule has 7 nitrogen and oxygen atoms in total. The number of alkyl halides is 2. The smallest absolute Gasteiger partial charge is 0.303 e. The third kappa shape index (κ3) is 4.33. The van der Waals surface area contributed by atoms with Crippen LogP contribution in [0.2, 0.25) is 5.02 Å². The Morgan fingerprint density at radius 1 is 1.57 bits per heavy atom. The topological polar surface area (TPSA) is 77.8 Å². The summed E-state index contributed by atoms with van der Waals surface area (Å²) < 4.78 is 40.5. The van der Waals surface area contributed by atoms with E-state index in [1.165, 1.54) is 24.6 Å². The van der Waals surface area contributed by atoms with Crippen molar-refractivity contribution in [3.8, 4) is 0 Å². The highest BCUT2D eigenvalue weighted by Crippen LogP contribution is 2.39. The van der Waals surface area contributed by atoms with E-state index >= 15 is 0 Å². The van der Waals surface area contributed by atoms with Crippen molar-refractivity contribution in [2.75, 3.05) is 18.5 Å². The molecule has 11 heteroatoms. The van der Waals surface area contributed by atoms with E-state index in [0.717, 1.165) is 6.92 Å². The number of ether oxygens (including phenoxy) is 2. The number of esters is 1. The lowest BCUT2D eigenvalue weighted by atomic mass is 10.0. The molecule has 1 aliphatic heterocycles. The van der Waals surface area contributed by atoms with E-state index in [1.807, 2.05) is 22.6 Å². The van der Waals surface area contributed by atoms with Gasteiger partial charge >= 0.3 is 5.97 Å². The Labute approximate surface area is 179 Å². The molecule has 2 aromatic rings. The van der Waals surface area contributed by atoms with Crippen LogP contribution in [0.1, 0.15) is 38.8 Å². The standard InChI is InChI=1S/C17H20ClF2IN4O3/c1-8(17(3,19)20)15-14(21)13(18)11-6-22-16(24-25(11)15)23-10-4-5-27-7-12(10)28-9(2)26/h6,8,10,12H,4-5,7H2,1-3H3,(H,23,24)/t8?,10-,12-/m1/s1. The third-order valence-electron chi connectivity index (χ3n) is 4.71. The zero-order valence-corrected chi connectivity index (χ0v) is 18.4. The molecular formula is C17H20ClF2IN4O3. The zero-order chi connectivity index (χ0) is 20.6. The van der Waals surface area contributed by atoms with Crippen molar-refractivity contribution in [3.05, 3.63) is 20.5 Å². The minimum Gasteiger partial charge on any atom is -0.458 e. The van der Waals surface area contributed by atoms with Gasteiger partial charge in [0.2, 0.25) is 5.95 Å². The number of hydrogen-bond acceptors (Lipinski definition) is 6. The minimum absolute atomic E-state index is 0.229. The fraction of sp³-hybridized carbons (Fsp3) is 0.588. The van der Waals surface area contributed by atoms with Crippen LogP contribution in [0.3, 0.4) is 0 Å². The van der Waals surface area contributed by atoms with Crippen LogP contribution in [0, 0.1) is 3.57 Å². The second kappa shape index (κ2) is 8.23. The fourth-order valence-electron chi connectivity index (χ4n) is 3.05. The summed E-state index contributed by atoms with van der Waals surface area (Å²) in [4.78, 5) is 15.6. The Hall–Kier alpha value is -1.27. The Kier molecular flexibility index (Phi) is 6.30. The molecule has 0 bridgehead atoms. The normalized spacial score (nSPS) is 21.5. The number of nitrogens with zero attached hydrogens (tertiary/aromatic N) is 3. The molecule has 3 heterocycles. The predicted molar refractivity (Wildman–Crippen MR) is 108 cm³/mol. The molecule has 0 saturated carbocycles. The first kappa shape index (κ1) is 21.4. The van der Waals surface area contributed by atoms with Gasteiger partial charge in [0.05, 0.1) is 39.1 Å². The maximum absolute atomic E-state index is 14.0. The van der Waals surface area contributed by atoms with Gasteiger partial charge in [-0.2, -0.15) is 0 Å². The molecule has 0 aromatic carbocycles. The number of halogens is 4. The van der Waals surface area contributed by atoms with Gasteiger partial charge in [0, 0.05) is 20.5 Å². The number of fused-ring (bicyclic) bond motifs is 1. The lowest BCUT2D eigenvalue weighted by Crippen LogP contribution is -2.44. The quantitative estimate of drug-likeness (QED) is 0.469. The summed E-state index contributed by atoms with van der Waals surface area (Å²) in [5.74, 6) is -4.23. The maximum Gasteiger partial charge on any atom is 0.303 e. The summed E-state index contributed by atoms with van der Waals surface area (Å²) >= 11 is 8.27. The van der Waals surface area contributed by atoms with Crippen molar-refractivity contribution in [3.63, 3.8) is 0 Å². The van der Waals surface area contributed by atoms with E-state index in [4.69, 9.17) is 21.1 Å². The second-order valence-electron chi connectivity index (χ2n) is 6.83. The highest BCUT2D eigenvalue weighted by molar-refractivity contribution is 14.1. The largest absolute Gasteiger partial charge is 0.458 e. The summed E-state index contributed by atoms with van der Waals surface area (Å²) in [7, 11) is 0. The van der Waals surface area contributed by atoms with Gasteiger partial charge < -0.3 is 14.8 Å². The summed E-state index contributed by atoms with van der Waals surface area (Å²) in [6, 6.07) is -0.256. The molecule has 3 atom stereocenters. The van der Waals surface area contributed by atoms with Crippen LogP contribution in [-0.4, -0.2) is 51.8 Å². The van der Waals surface area contributed by atoms with Gasteiger partial charge in [-0.3, -0.25) is 4.79 Å². The molecular weight excluding hydrogens is 509 g/mol. The molecule has 0 radical (unpaired) electrons. The minimum atomic E-state index is -2.95. The number of hydrogen-bond donors (Lipinski definition) is 1. The lowest BCUT2D eigenvalue weighted by Gasteiger charge is -2.31. The number of aromatic nitrogens is 3. The number of carbonyl (C=O) groups is 1. The number of anilines is 1. The molecule has 1 fully saturated rings. The van der Waals surface area contributed by atoms with Gasteiger partial charge in [-0.15, -0.1) is 5.10 Å². The van der Waals surface area contributed by atoms with Gasteiger partial charge in [0.15, 0.2) is 0 Å². The molecule has 28 heavy (non-hydrogen) atoms. The van der Waals surface area contributed by atoms with Crippen molar-refractivity contribution < 1.29 is 23.0 Å². The maximum atomic E-state index is 14.0. The molecule has 1 aliphatic rings. The van der Waals surface area contributed by atoms with Crippen molar-refractivity contribution in [2.45, 2.75) is 51.2 Å². The summed E-state index contributed by atoms with van der Waals surface area (Å²) in [6.07, 6.45) is 1.58. The average Bonchev–Trinajstić information content (AvgIpc) is 2.85. The zero-order valence-electron chi connectivity index (χ0n) is 15.5. The van der Waals surface area contributed by atoms with E-state index < -0.39 is 23.9 Å². The van der Waals surface area contributed by atoms with Crippen molar-refractivity contribution >= 4 is 51.6 Å². The van der Waals surface area contributed by atoms with E-state index in [0.29, 0.717) is 32.8 Å². The van der Waals surface area contributed by atoms with Crippen LogP contribution >= 0.6 is 34.2 Å². The molecule has 1 unspecified atom stereocenters. The van der Waals surface area contributed by atoms with Gasteiger partial charge in [-0.05, 0) is 29.0 Å². The molecule has 1 saturated heterocycles. The molecule has 0 spiro atoms. The first-order valence-corrected chi connectivity index (χ1v) is 10.2. The van der Waals surface area contributed by atoms with Crippen LogP contribution in [0.25, 0.3) is 5.52 Å². The van der Waals surface area contributed by atoms with E-state index in [-0.39, 0.29) is 18.6 Å². The highest BCUT2D eigenvalue weighted by Gasteiger charge is 2.36.